The highest BCUT2D eigenvalue weighted by atomic mass is 35.5. The maximum atomic E-state index is 12.7. The van der Waals surface area contributed by atoms with Crippen LogP contribution in [0.2, 0.25) is 5.02 Å². The zero-order chi connectivity index (χ0) is 21.1. The fraction of sp³-hybridized carbons (Fsp3) is 0.273. The molecule has 0 unspecified atom stereocenters. The van der Waals surface area contributed by atoms with Gasteiger partial charge in [-0.1, -0.05) is 35.9 Å². The summed E-state index contributed by atoms with van der Waals surface area (Å²) in [6, 6.07) is 15.3. The number of nitrogens with zero attached hydrogens (tertiary/aromatic N) is 3. The molecule has 1 N–H and O–H groups in total. The molecule has 2 heterocycles. The van der Waals surface area contributed by atoms with E-state index in [0.717, 1.165) is 16.9 Å². The number of esters is 1. The summed E-state index contributed by atoms with van der Waals surface area (Å²) in [5.74, 6) is 1.10. The monoisotopic (exact) mass is 426 g/mol. The van der Waals surface area contributed by atoms with Gasteiger partial charge in [0.1, 0.15) is 22.8 Å². The van der Waals surface area contributed by atoms with E-state index in [0.29, 0.717) is 48.6 Å². The van der Waals surface area contributed by atoms with Crippen molar-refractivity contribution in [3.63, 3.8) is 0 Å². The molecular weight excluding hydrogens is 404 g/mol. The second-order valence-electron chi connectivity index (χ2n) is 6.96. The minimum Gasteiger partial charge on any atom is -0.497 e. The summed E-state index contributed by atoms with van der Waals surface area (Å²) in [7, 11) is 1.66. The smallest absolute Gasteiger partial charge is 0.344 e. The van der Waals surface area contributed by atoms with Gasteiger partial charge < -0.3 is 14.8 Å². The Bertz CT molecular complexity index is 1050. The van der Waals surface area contributed by atoms with Gasteiger partial charge in [0.05, 0.1) is 27.1 Å². The van der Waals surface area contributed by atoms with E-state index in [1.807, 2.05) is 30.3 Å². The largest absolute Gasteiger partial charge is 0.497 e. The summed E-state index contributed by atoms with van der Waals surface area (Å²) < 4.78 is 12.4. The Labute approximate surface area is 180 Å². The molecule has 8 heteroatoms. The summed E-state index contributed by atoms with van der Waals surface area (Å²) >= 11 is 6.02. The molecule has 156 valence electrons. The van der Waals surface area contributed by atoms with Gasteiger partial charge in [-0.25, -0.2) is 9.48 Å². The van der Waals surface area contributed by atoms with Crippen LogP contribution in [0.25, 0.3) is 11.3 Å². The van der Waals surface area contributed by atoms with Gasteiger partial charge in [-0.05, 0) is 36.8 Å². The molecule has 4 rings (SSSR count). The molecule has 1 aromatic heterocycles. The number of rotatable bonds is 6. The second-order valence-corrected chi connectivity index (χ2v) is 7.39. The van der Waals surface area contributed by atoms with Crippen molar-refractivity contribution in [2.75, 3.05) is 25.7 Å². The molecule has 0 bridgehead atoms. The first-order valence-electron chi connectivity index (χ1n) is 9.72. The Hall–Kier alpha value is -3.03. The lowest BCUT2D eigenvalue weighted by atomic mass is 10.1. The maximum absolute atomic E-state index is 12.7. The van der Waals surface area contributed by atoms with Crippen LogP contribution in [-0.2, 0) is 18.0 Å². The molecule has 0 atom stereocenters. The van der Waals surface area contributed by atoms with Gasteiger partial charge >= 0.3 is 5.97 Å². The zero-order valence-corrected chi connectivity index (χ0v) is 17.6. The van der Waals surface area contributed by atoms with E-state index >= 15 is 0 Å². The van der Waals surface area contributed by atoms with Gasteiger partial charge in [0.25, 0.3) is 0 Å². The number of benzene rings is 2. The molecule has 0 saturated carbocycles. The predicted molar refractivity (Wildman–Crippen MR) is 116 cm³/mol. The normalized spacial score (nSPS) is 13.4. The molecule has 0 saturated heterocycles. The number of nitrogens with one attached hydrogen (secondary N) is 1. The van der Waals surface area contributed by atoms with Crippen molar-refractivity contribution in [1.82, 2.24) is 14.7 Å². The Kier molecular flexibility index (Phi) is 5.92. The van der Waals surface area contributed by atoms with Crippen molar-refractivity contribution in [2.24, 2.45) is 0 Å². The first kappa shape index (κ1) is 20.3. The molecule has 0 radical (unpaired) electrons. The third-order valence-electron chi connectivity index (χ3n) is 4.89. The van der Waals surface area contributed by atoms with Crippen LogP contribution in [-0.4, -0.2) is 41.0 Å². The van der Waals surface area contributed by atoms with Crippen LogP contribution in [0, 0.1) is 0 Å². The summed E-state index contributed by atoms with van der Waals surface area (Å²) in [4.78, 5) is 14.9. The predicted octanol–water partition coefficient (Wildman–Crippen LogP) is 4.23. The van der Waals surface area contributed by atoms with Gasteiger partial charge in [0.2, 0.25) is 0 Å². The third-order valence-corrected chi connectivity index (χ3v) is 5.15. The molecule has 0 spiro atoms. The van der Waals surface area contributed by atoms with Crippen LogP contribution in [0.3, 0.4) is 0 Å². The van der Waals surface area contributed by atoms with Gasteiger partial charge in [-0.2, -0.15) is 5.10 Å². The highest BCUT2D eigenvalue weighted by Gasteiger charge is 2.29. The number of hydrogen-bond donors (Lipinski definition) is 1. The standard InChI is InChI=1S/C22H23ClN4O3/c1-3-30-22(28)19-20(16-7-9-17(23)10-8-16)25-27-14-26(13-24-21(19)27)12-15-5-4-6-18(11-15)29-2/h4-11,24H,3,12-14H2,1-2H3. The highest BCUT2D eigenvalue weighted by molar-refractivity contribution is 6.30. The number of aromatic nitrogens is 2. The molecule has 3 aromatic rings. The van der Waals surface area contributed by atoms with Crippen molar-refractivity contribution in [2.45, 2.75) is 20.1 Å². The Morgan fingerprint density at radius 3 is 2.77 bits per heavy atom. The molecule has 0 amide bonds. The highest BCUT2D eigenvalue weighted by Crippen LogP contribution is 2.32. The summed E-state index contributed by atoms with van der Waals surface area (Å²) in [5, 5.41) is 8.69. The average molecular weight is 427 g/mol. The van der Waals surface area contributed by atoms with Crippen molar-refractivity contribution >= 4 is 23.4 Å². The van der Waals surface area contributed by atoms with Crippen LogP contribution in [0.15, 0.2) is 48.5 Å². The van der Waals surface area contributed by atoms with E-state index < -0.39 is 5.97 Å². The number of carbonyl (C=O) groups excluding carboxylic acids is 1. The number of hydrogen-bond acceptors (Lipinski definition) is 6. The first-order chi connectivity index (χ1) is 14.6. The van der Waals surface area contributed by atoms with Crippen molar-refractivity contribution in [3.8, 4) is 17.0 Å². The topological polar surface area (TPSA) is 68.6 Å². The fourth-order valence-corrected chi connectivity index (χ4v) is 3.64. The average Bonchev–Trinajstić information content (AvgIpc) is 3.13. The lowest BCUT2D eigenvalue weighted by Crippen LogP contribution is -2.37. The molecule has 1 aliphatic heterocycles. The number of ether oxygens (including phenoxy) is 2. The Balaban J connectivity index is 1.64. The molecular formula is C22H23ClN4O3. The van der Waals surface area contributed by atoms with Crippen molar-refractivity contribution < 1.29 is 14.3 Å². The fourth-order valence-electron chi connectivity index (χ4n) is 3.51. The number of methoxy groups -OCH3 is 1. The van der Waals surface area contributed by atoms with Gasteiger partial charge in [-0.15, -0.1) is 0 Å². The summed E-state index contributed by atoms with van der Waals surface area (Å²) in [5.41, 5.74) is 2.97. The van der Waals surface area contributed by atoms with E-state index in [1.165, 1.54) is 0 Å². The zero-order valence-electron chi connectivity index (χ0n) is 16.9. The van der Waals surface area contributed by atoms with E-state index in [4.69, 9.17) is 26.2 Å². The van der Waals surface area contributed by atoms with Gasteiger partial charge in [0, 0.05) is 17.1 Å². The molecule has 2 aromatic carbocycles. The van der Waals surface area contributed by atoms with Crippen LogP contribution in [0.5, 0.6) is 5.75 Å². The number of anilines is 1. The minimum absolute atomic E-state index is 0.297. The van der Waals surface area contributed by atoms with Crippen LogP contribution < -0.4 is 10.1 Å². The van der Waals surface area contributed by atoms with Crippen molar-refractivity contribution in [3.05, 3.63) is 64.7 Å². The molecule has 0 fully saturated rings. The quantitative estimate of drug-likeness (QED) is 0.595. The van der Waals surface area contributed by atoms with E-state index in [1.54, 1.807) is 30.8 Å². The van der Waals surface area contributed by atoms with Crippen LogP contribution in [0.4, 0.5) is 5.82 Å². The third kappa shape index (κ3) is 4.13. The van der Waals surface area contributed by atoms with Gasteiger partial charge in [0.15, 0.2) is 0 Å². The number of halogens is 1. The van der Waals surface area contributed by atoms with E-state index in [2.05, 4.69) is 16.3 Å². The lowest BCUT2D eigenvalue weighted by Gasteiger charge is -2.29. The minimum atomic E-state index is -0.391. The lowest BCUT2D eigenvalue weighted by molar-refractivity contribution is 0.0527. The summed E-state index contributed by atoms with van der Waals surface area (Å²) in [6.07, 6.45) is 0. The number of carbonyl (C=O) groups is 1. The van der Waals surface area contributed by atoms with Gasteiger partial charge in [-0.3, -0.25) is 4.90 Å². The maximum Gasteiger partial charge on any atom is 0.344 e. The Morgan fingerprint density at radius 1 is 1.23 bits per heavy atom. The molecule has 7 nitrogen and oxygen atoms in total. The second kappa shape index (κ2) is 8.77. The molecule has 1 aliphatic rings. The summed E-state index contributed by atoms with van der Waals surface area (Å²) in [6.45, 7) is 3.92. The van der Waals surface area contributed by atoms with Crippen LogP contribution in [0.1, 0.15) is 22.8 Å². The Morgan fingerprint density at radius 2 is 2.03 bits per heavy atom. The van der Waals surface area contributed by atoms with Crippen LogP contribution >= 0.6 is 11.6 Å². The first-order valence-corrected chi connectivity index (χ1v) is 10.1. The molecule has 0 aliphatic carbocycles. The molecule has 30 heavy (non-hydrogen) atoms. The SMILES string of the molecule is CCOC(=O)c1c(-c2ccc(Cl)cc2)nn2c1NCN(Cc1cccc(OC)c1)C2. The van der Waals surface area contributed by atoms with Crippen molar-refractivity contribution in [1.29, 1.82) is 0 Å². The van der Waals surface area contributed by atoms with E-state index in [9.17, 15) is 4.79 Å². The number of fused-ring (bicyclic) bond motifs is 1. The van der Waals surface area contributed by atoms with E-state index in [-0.39, 0.29) is 0 Å².